The second kappa shape index (κ2) is 7.48. The molecule has 0 fully saturated rings. The molecular weight excluding hydrogens is 339 g/mol. The van der Waals surface area contributed by atoms with Crippen molar-refractivity contribution in [1.29, 1.82) is 0 Å². The minimum atomic E-state index is -0.431. The number of nitrogens with one attached hydrogen (secondary N) is 2. The van der Waals surface area contributed by atoms with Gasteiger partial charge in [0.1, 0.15) is 0 Å². The van der Waals surface area contributed by atoms with Gasteiger partial charge in [-0.2, -0.15) is 0 Å². The quantitative estimate of drug-likeness (QED) is 0.885. The van der Waals surface area contributed by atoms with E-state index in [1.807, 2.05) is 0 Å². The minimum absolute atomic E-state index is 0.113. The molecule has 6 nitrogen and oxygen atoms in total. The van der Waals surface area contributed by atoms with Crippen LogP contribution in [0.5, 0.6) is 0 Å². The summed E-state index contributed by atoms with van der Waals surface area (Å²) in [6, 6.07) is 4.35. The van der Waals surface area contributed by atoms with E-state index in [9.17, 15) is 9.59 Å². The number of benzene rings is 1. The first-order chi connectivity index (χ1) is 10.9. The average Bonchev–Trinajstić information content (AvgIpc) is 2.51. The number of anilines is 1. The van der Waals surface area contributed by atoms with Crippen LogP contribution in [0, 0.1) is 13.8 Å². The number of hydrogen-bond acceptors (Lipinski definition) is 3. The van der Waals surface area contributed by atoms with E-state index in [0.29, 0.717) is 33.5 Å². The highest BCUT2D eigenvalue weighted by atomic mass is 35.5. The molecule has 1 aromatic carbocycles. The Labute approximate surface area is 143 Å². The lowest BCUT2D eigenvalue weighted by Gasteiger charge is -2.11. The number of aryl methyl sites for hydroxylation is 1. The second-order valence-corrected chi connectivity index (χ2v) is 5.80. The van der Waals surface area contributed by atoms with Gasteiger partial charge in [0.2, 0.25) is 0 Å². The molecule has 0 saturated heterocycles. The fraction of sp³-hybridized carbons (Fsp3) is 0.267. The molecule has 122 valence electrons. The van der Waals surface area contributed by atoms with E-state index in [4.69, 9.17) is 23.2 Å². The van der Waals surface area contributed by atoms with E-state index in [-0.39, 0.29) is 12.1 Å². The number of hydrogen-bond donors (Lipinski definition) is 2. The Bertz CT molecular complexity index is 790. The molecule has 23 heavy (non-hydrogen) atoms. The average molecular weight is 355 g/mol. The Morgan fingerprint density at radius 1 is 1.30 bits per heavy atom. The van der Waals surface area contributed by atoms with Crippen LogP contribution < -0.4 is 16.2 Å². The van der Waals surface area contributed by atoms with Crippen LogP contribution >= 0.6 is 23.2 Å². The van der Waals surface area contributed by atoms with E-state index in [0.717, 1.165) is 0 Å². The van der Waals surface area contributed by atoms with Gasteiger partial charge in [-0.15, -0.1) is 0 Å². The van der Waals surface area contributed by atoms with Crippen molar-refractivity contribution in [2.24, 2.45) is 0 Å². The molecule has 0 spiro atoms. The zero-order chi connectivity index (χ0) is 17.0. The Morgan fingerprint density at radius 3 is 2.78 bits per heavy atom. The van der Waals surface area contributed by atoms with E-state index in [2.05, 4.69) is 15.6 Å². The van der Waals surface area contributed by atoms with Gasteiger partial charge in [0.25, 0.3) is 5.56 Å². The van der Waals surface area contributed by atoms with Gasteiger partial charge < -0.3 is 10.6 Å². The van der Waals surface area contributed by atoms with Gasteiger partial charge >= 0.3 is 6.03 Å². The van der Waals surface area contributed by atoms with E-state index in [1.54, 1.807) is 32.0 Å². The summed E-state index contributed by atoms with van der Waals surface area (Å²) in [7, 11) is 0. The number of carbonyl (C=O) groups is 1. The van der Waals surface area contributed by atoms with Crippen LogP contribution in [-0.2, 0) is 6.54 Å². The maximum absolute atomic E-state index is 12.0. The molecule has 0 saturated carbocycles. The monoisotopic (exact) mass is 354 g/mol. The smallest absolute Gasteiger partial charge is 0.319 e. The third-order valence-corrected chi connectivity index (χ3v) is 3.89. The summed E-state index contributed by atoms with van der Waals surface area (Å²) < 4.78 is 1.45. The number of aromatic nitrogens is 2. The second-order valence-electron chi connectivity index (χ2n) is 4.96. The lowest BCUT2D eigenvalue weighted by atomic mass is 10.3. The van der Waals surface area contributed by atoms with Crippen LogP contribution in [0.25, 0.3) is 0 Å². The van der Waals surface area contributed by atoms with Crippen molar-refractivity contribution in [3.05, 3.63) is 56.2 Å². The molecule has 8 heteroatoms. The molecule has 0 aliphatic rings. The highest BCUT2D eigenvalue weighted by molar-refractivity contribution is 6.35. The van der Waals surface area contributed by atoms with E-state index in [1.165, 1.54) is 10.9 Å². The highest BCUT2D eigenvalue weighted by Crippen LogP contribution is 2.25. The molecule has 0 aliphatic heterocycles. The fourth-order valence-electron chi connectivity index (χ4n) is 1.88. The van der Waals surface area contributed by atoms with Crippen molar-refractivity contribution >= 4 is 34.9 Å². The first-order valence-electron chi connectivity index (χ1n) is 6.91. The summed E-state index contributed by atoms with van der Waals surface area (Å²) in [5, 5.41) is 6.11. The van der Waals surface area contributed by atoms with Crippen LogP contribution in [0.2, 0.25) is 10.0 Å². The van der Waals surface area contributed by atoms with Crippen LogP contribution in [0.15, 0.2) is 29.3 Å². The molecule has 0 aliphatic carbocycles. The number of rotatable bonds is 4. The van der Waals surface area contributed by atoms with Crippen molar-refractivity contribution in [3.63, 3.8) is 0 Å². The lowest BCUT2D eigenvalue weighted by Crippen LogP contribution is -2.34. The molecule has 1 heterocycles. The van der Waals surface area contributed by atoms with Crippen LogP contribution in [0.1, 0.15) is 11.3 Å². The van der Waals surface area contributed by atoms with Crippen molar-refractivity contribution in [3.8, 4) is 0 Å². The van der Waals surface area contributed by atoms with Crippen LogP contribution in [-0.4, -0.2) is 22.1 Å². The normalized spacial score (nSPS) is 10.4. The fourth-order valence-corrected chi connectivity index (χ4v) is 2.22. The SMILES string of the molecule is Cc1ncn(CCNC(=O)Nc2cc(Cl)ccc2Cl)c(=O)c1C. The molecule has 2 N–H and O–H groups in total. The maximum Gasteiger partial charge on any atom is 0.319 e. The van der Waals surface area contributed by atoms with Gasteiger partial charge in [-0.1, -0.05) is 23.2 Å². The number of amides is 2. The minimum Gasteiger partial charge on any atom is -0.336 e. The summed E-state index contributed by atoms with van der Waals surface area (Å²) in [6.45, 7) is 4.10. The summed E-state index contributed by atoms with van der Waals surface area (Å²) in [5.74, 6) is 0. The topological polar surface area (TPSA) is 76.0 Å². The van der Waals surface area contributed by atoms with Crippen LogP contribution in [0.4, 0.5) is 10.5 Å². The van der Waals surface area contributed by atoms with E-state index < -0.39 is 6.03 Å². The molecule has 2 rings (SSSR count). The summed E-state index contributed by atoms with van der Waals surface area (Å²) in [5.41, 5.74) is 1.61. The van der Waals surface area contributed by atoms with Gasteiger partial charge in [-0.3, -0.25) is 9.36 Å². The third-order valence-electron chi connectivity index (χ3n) is 3.33. The van der Waals surface area contributed by atoms with Crippen LogP contribution in [0.3, 0.4) is 0 Å². The molecular formula is C15H16Cl2N4O2. The maximum atomic E-state index is 12.0. The van der Waals surface area contributed by atoms with E-state index >= 15 is 0 Å². The largest absolute Gasteiger partial charge is 0.336 e. The van der Waals surface area contributed by atoms with Gasteiger partial charge in [-0.25, -0.2) is 9.78 Å². The highest BCUT2D eigenvalue weighted by Gasteiger charge is 2.07. The number of nitrogens with zero attached hydrogens (tertiary/aromatic N) is 2. The number of carbonyl (C=O) groups excluding carboxylic acids is 1. The zero-order valence-corrected chi connectivity index (χ0v) is 14.2. The standard InChI is InChI=1S/C15H16Cl2N4O2/c1-9-10(2)19-8-21(14(9)22)6-5-18-15(23)20-13-7-11(16)3-4-12(13)17/h3-4,7-8H,5-6H2,1-2H3,(H2,18,20,23). The Balaban J connectivity index is 1.92. The molecule has 1 aromatic heterocycles. The van der Waals surface area contributed by atoms with Gasteiger partial charge in [0.15, 0.2) is 0 Å². The molecule has 2 aromatic rings. The Hall–Kier alpha value is -2.05. The molecule has 0 unspecified atom stereocenters. The molecule has 0 bridgehead atoms. The van der Waals surface area contributed by atoms with Gasteiger partial charge in [-0.05, 0) is 32.0 Å². The first kappa shape index (κ1) is 17.3. The number of halogens is 2. The summed E-state index contributed by atoms with van der Waals surface area (Å²) in [4.78, 5) is 28.0. The van der Waals surface area contributed by atoms with Crippen molar-refractivity contribution in [2.75, 3.05) is 11.9 Å². The summed E-state index contributed by atoms with van der Waals surface area (Å²) in [6.07, 6.45) is 1.47. The van der Waals surface area contributed by atoms with Gasteiger partial charge in [0, 0.05) is 29.4 Å². The predicted molar refractivity (Wildman–Crippen MR) is 91.5 cm³/mol. The molecule has 2 amide bonds. The predicted octanol–water partition coefficient (Wildman–Crippen LogP) is 2.99. The van der Waals surface area contributed by atoms with Crippen molar-refractivity contribution in [1.82, 2.24) is 14.9 Å². The van der Waals surface area contributed by atoms with Crippen molar-refractivity contribution in [2.45, 2.75) is 20.4 Å². The lowest BCUT2D eigenvalue weighted by molar-refractivity contribution is 0.251. The molecule has 0 atom stereocenters. The number of urea groups is 1. The molecule has 0 radical (unpaired) electrons. The summed E-state index contributed by atoms with van der Waals surface area (Å²) >= 11 is 11.8. The van der Waals surface area contributed by atoms with Gasteiger partial charge in [0.05, 0.1) is 17.0 Å². The first-order valence-corrected chi connectivity index (χ1v) is 7.66. The third kappa shape index (κ3) is 4.46. The Kier molecular flexibility index (Phi) is 5.63. The zero-order valence-electron chi connectivity index (χ0n) is 12.7. The Morgan fingerprint density at radius 2 is 2.04 bits per heavy atom. The van der Waals surface area contributed by atoms with Crippen molar-refractivity contribution < 1.29 is 4.79 Å².